The molecule has 11 nitrogen and oxygen atoms in total. The van der Waals surface area contributed by atoms with Gasteiger partial charge in [0.1, 0.15) is 12.2 Å². The molecule has 0 bridgehead atoms. The van der Waals surface area contributed by atoms with E-state index in [0.29, 0.717) is 34.4 Å². The number of fused-ring (bicyclic) bond motifs is 1. The maximum absolute atomic E-state index is 14.3. The fourth-order valence-corrected chi connectivity index (χ4v) is 4.86. The Bertz CT molecular complexity index is 1560. The van der Waals surface area contributed by atoms with Crippen LogP contribution in [0.4, 0.5) is 10.1 Å². The first-order valence-corrected chi connectivity index (χ1v) is 13.2. The van der Waals surface area contributed by atoms with Crippen LogP contribution in [-0.2, 0) is 0 Å². The fraction of sp³-hybridized carbons (Fsp3) is 0.429. The van der Waals surface area contributed by atoms with Gasteiger partial charge in [-0.2, -0.15) is 10.4 Å². The minimum absolute atomic E-state index is 0.0766. The van der Waals surface area contributed by atoms with Crippen LogP contribution in [0, 0.1) is 18.3 Å². The van der Waals surface area contributed by atoms with Crippen LogP contribution in [0.3, 0.4) is 0 Å². The smallest absolute Gasteiger partial charge is 0.255 e. The molecule has 4 aromatic heterocycles. The first-order chi connectivity index (χ1) is 19.1. The number of hydrogen-bond acceptors (Lipinski definition) is 9. The summed E-state index contributed by atoms with van der Waals surface area (Å²) in [5.74, 6) is 0.892. The quantitative estimate of drug-likeness (QED) is 0.298. The molecule has 0 unspecified atom stereocenters. The molecule has 12 heteroatoms. The van der Waals surface area contributed by atoms with Crippen molar-refractivity contribution in [2.45, 2.75) is 70.2 Å². The number of nitriles is 1. The molecule has 5 rings (SSSR count). The summed E-state index contributed by atoms with van der Waals surface area (Å²) in [7, 11) is 0. The summed E-state index contributed by atoms with van der Waals surface area (Å²) in [6.45, 7) is 4.14. The van der Waals surface area contributed by atoms with Crippen molar-refractivity contribution in [1.29, 1.82) is 5.26 Å². The Morgan fingerprint density at radius 3 is 2.70 bits per heavy atom. The van der Waals surface area contributed by atoms with Gasteiger partial charge in [0, 0.05) is 25.1 Å². The summed E-state index contributed by atoms with van der Waals surface area (Å²) in [5, 5.41) is 37.7. The highest BCUT2D eigenvalue weighted by Gasteiger charge is 2.29. The van der Waals surface area contributed by atoms with Crippen molar-refractivity contribution in [3.8, 4) is 17.5 Å². The lowest BCUT2D eigenvalue weighted by Crippen LogP contribution is -2.42. The lowest BCUT2D eigenvalue weighted by atomic mass is 9.86. The number of halogens is 1. The average molecular weight is 547 g/mol. The average Bonchev–Trinajstić information content (AvgIpc) is 3.57. The Morgan fingerprint density at radius 2 is 2.02 bits per heavy atom. The molecule has 3 N–H and O–H groups in total. The molecule has 1 amide bonds. The third kappa shape index (κ3) is 5.79. The number of nitrogens with one attached hydrogen (secondary N) is 2. The highest BCUT2D eigenvalue weighted by molar-refractivity contribution is 6.00. The van der Waals surface area contributed by atoms with Crippen LogP contribution in [0.2, 0.25) is 0 Å². The van der Waals surface area contributed by atoms with Crippen molar-refractivity contribution in [2.75, 3.05) is 11.9 Å². The molecule has 4 heterocycles. The van der Waals surface area contributed by atoms with E-state index in [4.69, 9.17) is 4.42 Å². The zero-order valence-corrected chi connectivity index (χ0v) is 22.6. The van der Waals surface area contributed by atoms with E-state index in [1.54, 1.807) is 23.6 Å². The van der Waals surface area contributed by atoms with Crippen LogP contribution >= 0.6 is 0 Å². The fourth-order valence-electron chi connectivity index (χ4n) is 4.86. The Balaban J connectivity index is 1.40. The monoisotopic (exact) mass is 546 g/mol. The first kappa shape index (κ1) is 27.2. The Hall–Kier alpha value is -4.37. The van der Waals surface area contributed by atoms with Crippen molar-refractivity contribution in [1.82, 2.24) is 30.1 Å². The van der Waals surface area contributed by atoms with Gasteiger partial charge in [0.15, 0.2) is 0 Å². The van der Waals surface area contributed by atoms with Crippen molar-refractivity contribution >= 4 is 17.1 Å². The van der Waals surface area contributed by atoms with Gasteiger partial charge < -0.3 is 20.2 Å². The minimum Gasteiger partial charge on any atom is -0.425 e. The molecule has 0 spiro atoms. The van der Waals surface area contributed by atoms with Crippen LogP contribution in [0.25, 0.3) is 16.9 Å². The highest BCUT2D eigenvalue weighted by atomic mass is 19.1. The van der Waals surface area contributed by atoms with Crippen molar-refractivity contribution in [3.63, 3.8) is 0 Å². The largest absolute Gasteiger partial charge is 0.425 e. The number of nitrogens with zero attached hydrogens (tertiary/aromatic N) is 6. The van der Waals surface area contributed by atoms with Gasteiger partial charge in [0.2, 0.25) is 11.8 Å². The third-order valence-electron chi connectivity index (χ3n) is 7.23. The van der Waals surface area contributed by atoms with E-state index in [1.165, 1.54) is 26.2 Å². The number of aromatic nitrogens is 5. The summed E-state index contributed by atoms with van der Waals surface area (Å²) in [6, 6.07) is 9.37. The van der Waals surface area contributed by atoms with Gasteiger partial charge in [-0.15, -0.1) is 10.2 Å². The number of alkyl halides is 1. The topological polar surface area (TPSA) is 154 Å². The molecular weight excluding hydrogens is 515 g/mol. The number of carbonyl (C=O) groups is 1. The predicted octanol–water partition coefficient (Wildman–Crippen LogP) is 3.94. The molecule has 1 aliphatic rings. The number of rotatable bonds is 8. The Morgan fingerprint density at radius 1 is 1.25 bits per heavy atom. The molecule has 0 aromatic carbocycles. The number of aliphatic hydroxyl groups is 1. The number of hydrogen-bond donors (Lipinski definition) is 3. The van der Waals surface area contributed by atoms with E-state index in [0.717, 1.165) is 31.2 Å². The second-order valence-corrected chi connectivity index (χ2v) is 10.7. The molecule has 4 aromatic rings. The normalized spacial score (nSPS) is 18.3. The Kier molecular flexibility index (Phi) is 7.49. The lowest BCUT2D eigenvalue weighted by molar-refractivity contribution is -0.00177. The van der Waals surface area contributed by atoms with E-state index in [-0.39, 0.29) is 24.1 Å². The number of amides is 1. The zero-order valence-electron chi connectivity index (χ0n) is 22.6. The molecule has 208 valence electrons. The van der Waals surface area contributed by atoms with Crippen LogP contribution in [0.15, 0.2) is 41.1 Å². The molecule has 1 fully saturated rings. The highest BCUT2D eigenvalue weighted by Crippen LogP contribution is 2.34. The molecule has 0 saturated heterocycles. The number of anilines is 1. The van der Waals surface area contributed by atoms with Crippen molar-refractivity contribution in [3.05, 3.63) is 59.6 Å². The summed E-state index contributed by atoms with van der Waals surface area (Å²) in [5.41, 5.74) is 1.69. The Labute approximate surface area is 230 Å². The molecule has 0 aliphatic heterocycles. The molecular formula is C28H31FN8O3. The van der Waals surface area contributed by atoms with Gasteiger partial charge in [-0.3, -0.25) is 9.78 Å². The van der Waals surface area contributed by atoms with Crippen LogP contribution in [-0.4, -0.2) is 60.2 Å². The number of carbonyl (C=O) groups excluding carboxylic acids is 1. The van der Waals surface area contributed by atoms with E-state index in [2.05, 4.69) is 37.0 Å². The van der Waals surface area contributed by atoms with Crippen LogP contribution in [0.5, 0.6) is 0 Å². The van der Waals surface area contributed by atoms with Gasteiger partial charge in [0.25, 0.3) is 5.91 Å². The minimum atomic E-state index is -1.64. The molecule has 1 aliphatic carbocycles. The zero-order chi connectivity index (χ0) is 28.4. The van der Waals surface area contributed by atoms with Crippen LogP contribution < -0.4 is 10.6 Å². The summed E-state index contributed by atoms with van der Waals surface area (Å²) < 4.78 is 21.7. The molecule has 1 saturated carbocycles. The molecule has 0 radical (unpaired) electrons. The predicted molar refractivity (Wildman–Crippen MR) is 144 cm³/mol. The second-order valence-electron chi connectivity index (χ2n) is 10.7. The van der Waals surface area contributed by atoms with Gasteiger partial charge >= 0.3 is 0 Å². The molecule has 1 atom stereocenters. The van der Waals surface area contributed by atoms with Gasteiger partial charge in [0.05, 0.1) is 52.1 Å². The summed E-state index contributed by atoms with van der Waals surface area (Å²) >= 11 is 0. The van der Waals surface area contributed by atoms with Crippen LogP contribution in [0.1, 0.15) is 73.2 Å². The van der Waals surface area contributed by atoms with Gasteiger partial charge in [-0.25, -0.2) is 8.91 Å². The van der Waals surface area contributed by atoms with Crippen molar-refractivity contribution < 1.29 is 18.7 Å². The number of aryl methyl sites for hydroxylation is 1. The first-order valence-electron chi connectivity index (χ1n) is 13.2. The van der Waals surface area contributed by atoms with E-state index in [1.807, 2.05) is 12.1 Å². The molecule has 40 heavy (non-hydrogen) atoms. The maximum Gasteiger partial charge on any atom is 0.255 e. The van der Waals surface area contributed by atoms with E-state index >= 15 is 0 Å². The number of pyridine rings is 1. The van der Waals surface area contributed by atoms with Crippen molar-refractivity contribution in [2.24, 2.45) is 0 Å². The standard InChI is InChI=1S/C28H31FN8O3/c1-16-35-36-27(40-16)18-4-6-19(7-5-18)34-22-11-23(24-9-8-20-10-17(12-30)13-33-37(20)24)31-14-21(22)26(38)32-15-25(29)28(2,3)39/h8-11,13-14,18-19,25,39H,4-7,15H2,1-3H3,(H,31,34)(H,32,38)/t18?,19?,25-/m1/s1. The lowest BCUT2D eigenvalue weighted by Gasteiger charge is -2.29. The summed E-state index contributed by atoms with van der Waals surface area (Å²) in [4.78, 5) is 17.7. The third-order valence-corrected chi connectivity index (χ3v) is 7.23. The van der Waals surface area contributed by atoms with Gasteiger partial charge in [-0.05, 0) is 63.8 Å². The SMILES string of the molecule is Cc1nnc(C2CCC(Nc3cc(-c4ccc5cc(C#N)cnn45)ncc3C(=O)NC[C@@H](F)C(C)(C)O)CC2)o1. The van der Waals surface area contributed by atoms with E-state index in [9.17, 15) is 19.6 Å². The second kappa shape index (κ2) is 11.0. The summed E-state index contributed by atoms with van der Waals surface area (Å²) in [6.07, 6.45) is 4.65. The van der Waals surface area contributed by atoms with Gasteiger partial charge in [-0.1, -0.05) is 0 Å². The van der Waals surface area contributed by atoms with E-state index < -0.39 is 17.7 Å². The maximum atomic E-state index is 14.3.